The Balaban J connectivity index is 1.82. The predicted octanol–water partition coefficient (Wildman–Crippen LogP) is 1.11. The number of ether oxygens (including phenoxy) is 2. The van der Waals surface area contributed by atoms with Crippen LogP contribution in [-0.4, -0.2) is 74.2 Å². The summed E-state index contributed by atoms with van der Waals surface area (Å²) in [5.41, 5.74) is -0.544. The molecule has 1 saturated heterocycles. The van der Waals surface area contributed by atoms with E-state index in [2.05, 4.69) is 5.10 Å². The van der Waals surface area contributed by atoms with E-state index in [0.29, 0.717) is 0 Å². The van der Waals surface area contributed by atoms with Gasteiger partial charge in [-0.15, -0.1) is 16.9 Å². The lowest BCUT2D eigenvalue weighted by Gasteiger charge is -2.39. The van der Waals surface area contributed by atoms with Crippen molar-refractivity contribution in [3.05, 3.63) is 41.1 Å². The summed E-state index contributed by atoms with van der Waals surface area (Å²) in [4.78, 5) is 1.02. The van der Waals surface area contributed by atoms with Crippen LogP contribution in [0.4, 0.5) is 13.2 Å². The highest BCUT2D eigenvalue weighted by Gasteiger charge is 2.46. The smallest absolute Gasteiger partial charge is 0.433 e. The number of H-pyrrole nitrogens is 1. The number of thioether (sulfide) groups is 1. The lowest BCUT2D eigenvalue weighted by molar-refractivity contribution is -0.278. The van der Waals surface area contributed by atoms with Crippen LogP contribution in [0.5, 0.6) is 5.88 Å². The fourth-order valence-corrected chi connectivity index (χ4v) is 3.66. The summed E-state index contributed by atoms with van der Waals surface area (Å²) in [7, 11) is 0. The van der Waals surface area contributed by atoms with Gasteiger partial charge in [0.05, 0.1) is 6.61 Å². The Bertz CT molecular complexity index is 861. The summed E-state index contributed by atoms with van der Waals surface area (Å²) in [6, 6.07) is 7.37. The van der Waals surface area contributed by atoms with Gasteiger partial charge in [0, 0.05) is 10.5 Å². The first-order valence-electron chi connectivity index (χ1n) is 9.40. The van der Waals surface area contributed by atoms with Crippen molar-refractivity contribution in [2.24, 2.45) is 0 Å². The van der Waals surface area contributed by atoms with Gasteiger partial charge in [-0.05, 0) is 36.8 Å². The number of hydrogen-bond acceptors (Lipinski definition) is 8. The van der Waals surface area contributed by atoms with Gasteiger partial charge in [-0.2, -0.15) is 13.2 Å². The fourth-order valence-electron chi connectivity index (χ4n) is 3.25. The molecule has 0 spiro atoms. The number of alkyl halides is 3. The molecule has 1 aliphatic rings. The minimum Gasteiger partial charge on any atom is -0.443 e. The minimum atomic E-state index is -4.72. The van der Waals surface area contributed by atoms with E-state index in [4.69, 9.17) is 9.47 Å². The van der Waals surface area contributed by atoms with Gasteiger partial charge >= 0.3 is 6.18 Å². The molecule has 2 aromatic rings. The number of halogens is 3. The van der Waals surface area contributed by atoms with Crippen molar-refractivity contribution in [1.29, 1.82) is 0 Å². The molecule has 0 amide bonds. The Morgan fingerprint density at radius 1 is 1.10 bits per heavy atom. The van der Waals surface area contributed by atoms with Crippen LogP contribution in [0.2, 0.25) is 0 Å². The quantitative estimate of drug-likeness (QED) is 0.386. The molecule has 0 radical (unpaired) electrons. The molecule has 31 heavy (non-hydrogen) atoms. The highest BCUT2D eigenvalue weighted by molar-refractivity contribution is 7.98. The third-order valence-corrected chi connectivity index (χ3v) is 5.76. The molecule has 12 heteroatoms. The van der Waals surface area contributed by atoms with Crippen LogP contribution < -0.4 is 4.74 Å². The number of nitrogens with one attached hydrogen (secondary N) is 1. The molecule has 8 nitrogen and oxygen atoms in total. The van der Waals surface area contributed by atoms with Crippen LogP contribution in [0.3, 0.4) is 0 Å². The maximum atomic E-state index is 13.5. The van der Waals surface area contributed by atoms with Gasteiger partial charge in [-0.3, -0.25) is 5.10 Å². The maximum Gasteiger partial charge on any atom is 0.433 e. The van der Waals surface area contributed by atoms with Crippen molar-refractivity contribution in [2.45, 2.75) is 54.6 Å². The number of aryl methyl sites for hydroxylation is 1. The Kier molecular flexibility index (Phi) is 7.50. The topological polar surface area (TPSA) is 128 Å². The number of nitrogens with zero attached hydrogens (tertiary/aromatic N) is 1. The molecule has 172 valence electrons. The number of aromatic nitrogens is 2. The molecule has 0 saturated carbocycles. The maximum absolute atomic E-state index is 13.5. The van der Waals surface area contributed by atoms with E-state index in [1.165, 1.54) is 0 Å². The summed E-state index contributed by atoms with van der Waals surface area (Å²) in [6.07, 6.45) is -10.6. The zero-order valence-electron chi connectivity index (χ0n) is 16.4. The summed E-state index contributed by atoms with van der Waals surface area (Å²) in [5, 5.41) is 44.5. The molecular formula is C19H23F3N2O6S. The van der Waals surface area contributed by atoms with Crippen LogP contribution >= 0.6 is 11.8 Å². The van der Waals surface area contributed by atoms with E-state index >= 15 is 0 Å². The van der Waals surface area contributed by atoms with Crippen LogP contribution in [0.15, 0.2) is 29.2 Å². The van der Waals surface area contributed by atoms with Gasteiger partial charge in [0.2, 0.25) is 12.2 Å². The molecular weight excluding hydrogens is 441 g/mol. The second-order valence-electron chi connectivity index (χ2n) is 7.04. The SMILES string of the molecule is CSc1ccc(CCc2c(O[C@@H]3O[C@H](CO)[C@@H](O)[C@H](O)[C@H]3O)n[nH]c2C(F)(F)F)cc1. The first kappa shape index (κ1) is 23.8. The van der Waals surface area contributed by atoms with Gasteiger partial charge in [0.15, 0.2) is 0 Å². The molecule has 1 fully saturated rings. The van der Waals surface area contributed by atoms with Gasteiger partial charge in [0.1, 0.15) is 30.1 Å². The molecule has 2 heterocycles. The number of hydrogen-bond donors (Lipinski definition) is 5. The number of aromatic amines is 1. The van der Waals surface area contributed by atoms with Gasteiger partial charge in [-0.25, -0.2) is 0 Å². The molecule has 0 bridgehead atoms. The molecule has 5 atom stereocenters. The fraction of sp³-hybridized carbons (Fsp3) is 0.526. The second-order valence-corrected chi connectivity index (χ2v) is 7.92. The average molecular weight is 464 g/mol. The summed E-state index contributed by atoms with van der Waals surface area (Å²) >= 11 is 1.55. The zero-order chi connectivity index (χ0) is 22.8. The van der Waals surface area contributed by atoms with Crippen LogP contribution in [0.1, 0.15) is 16.8 Å². The first-order chi connectivity index (χ1) is 14.7. The Labute approximate surface area is 180 Å². The summed E-state index contributed by atoms with van der Waals surface area (Å²) in [5.74, 6) is -0.447. The lowest BCUT2D eigenvalue weighted by Crippen LogP contribution is -2.60. The summed E-state index contributed by atoms with van der Waals surface area (Å²) in [6.45, 7) is -0.696. The molecule has 0 aliphatic carbocycles. The van der Waals surface area contributed by atoms with E-state index in [1.54, 1.807) is 11.8 Å². The highest BCUT2D eigenvalue weighted by atomic mass is 32.2. The van der Waals surface area contributed by atoms with Crippen LogP contribution in [0, 0.1) is 0 Å². The van der Waals surface area contributed by atoms with Gasteiger partial charge in [0.25, 0.3) is 0 Å². The van der Waals surface area contributed by atoms with Gasteiger partial charge < -0.3 is 29.9 Å². The van der Waals surface area contributed by atoms with Crippen LogP contribution in [-0.2, 0) is 23.8 Å². The van der Waals surface area contributed by atoms with Crippen molar-refractivity contribution in [2.75, 3.05) is 12.9 Å². The standard InChI is InChI=1S/C19H23F3N2O6S/c1-31-10-5-2-9(3-6-10)4-7-11-16(19(20,21)22)23-24-17(11)30-18-15(28)14(27)13(26)12(8-25)29-18/h2-3,5-6,12-15,18,25-28H,4,7-8H2,1H3,(H,23,24)/t12-,13-,14+,15-,18+/m1/s1. The van der Waals surface area contributed by atoms with Crippen molar-refractivity contribution in [1.82, 2.24) is 10.2 Å². The van der Waals surface area contributed by atoms with E-state index in [1.807, 2.05) is 35.6 Å². The van der Waals surface area contributed by atoms with E-state index in [9.17, 15) is 33.6 Å². The first-order valence-corrected chi connectivity index (χ1v) is 10.6. The average Bonchev–Trinajstić information content (AvgIpc) is 3.16. The van der Waals surface area contributed by atoms with Crippen molar-refractivity contribution in [3.8, 4) is 5.88 Å². The molecule has 0 unspecified atom stereocenters. The van der Waals surface area contributed by atoms with E-state index < -0.39 is 55.1 Å². The van der Waals surface area contributed by atoms with Crippen molar-refractivity contribution in [3.63, 3.8) is 0 Å². The number of aliphatic hydroxyl groups excluding tert-OH is 4. The zero-order valence-corrected chi connectivity index (χ0v) is 17.2. The van der Waals surface area contributed by atoms with Crippen LogP contribution in [0.25, 0.3) is 0 Å². The molecule has 5 N–H and O–H groups in total. The predicted molar refractivity (Wildman–Crippen MR) is 104 cm³/mol. The lowest BCUT2D eigenvalue weighted by atomic mass is 9.99. The molecule has 1 aromatic heterocycles. The largest absolute Gasteiger partial charge is 0.443 e. The van der Waals surface area contributed by atoms with Crippen molar-refractivity contribution < 1.29 is 43.1 Å². The van der Waals surface area contributed by atoms with E-state index in [0.717, 1.165) is 10.5 Å². The highest BCUT2D eigenvalue weighted by Crippen LogP contribution is 2.36. The number of rotatable bonds is 7. The molecule has 1 aliphatic heterocycles. The second kappa shape index (κ2) is 9.76. The van der Waals surface area contributed by atoms with Crippen molar-refractivity contribution >= 4 is 11.8 Å². The molecule has 3 rings (SSSR count). The normalized spacial score (nSPS) is 26.8. The third-order valence-electron chi connectivity index (χ3n) is 5.01. The van der Waals surface area contributed by atoms with E-state index in [-0.39, 0.29) is 18.4 Å². The van der Waals surface area contributed by atoms with Gasteiger partial charge in [-0.1, -0.05) is 12.1 Å². The third kappa shape index (κ3) is 5.33. The number of aliphatic hydroxyl groups is 4. The Morgan fingerprint density at radius 2 is 1.77 bits per heavy atom. The summed E-state index contributed by atoms with van der Waals surface area (Å²) < 4.78 is 50.9. The minimum absolute atomic E-state index is 0.0727. The molecule has 1 aromatic carbocycles. The Morgan fingerprint density at radius 3 is 2.35 bits per heavy atom. The Hall–Kier alpha value is -1.83. The number of benzene rings is 1. The monoisotopic (exact) mass is 464 g/mol.